The van der Waals surface area contributed by atoms with E-state index in [2.05, 4.69) is 9.97 Å². The first-order valence-electron chi connectivity index (χ1n) is 7.12. The molecule has 1 aromatic heterocycles. The van der Waals surface area contributed by atoms with E-state index in [1.54, 1.807) is 0 Å². The number of hydrogen-bond acceptors (Lipinski definition) is 3. The molecule has 0 saturated heterocycles. The van der Waals surface area contributed by atoms with Gasteiger partial charge in [0.15, 0.2) is 0 Å². The van der Waals surface area contributed by atoms with E-state index in [9.17, 15) is 0 Å². The molecule has 1 fully saturated rings. The molecule has 0 aliphatic heterocycles. The maximum atomic E-state index is 6.43. The predicted molar refractivity (Wildman–Crippen MR) is 76.2 cm³/mol. The van der Waals surface area contributed by atoms with E-state index in [-0.39, 0.29) is 5.54 Å². The van der Waals surface area contributed by atoms with Crippen LogP contribution in [-0.2, 0) is 0 Å². The lowest BCUT2D eigenvalue weighted by Gasteiger charge is -2.27. The summed E-state index contributed by atoms with van der Waals surface area (Å²) in [7, 11) is 0. The number of H-pyrrole nitrogens is 1. The summed E-state index contributed by atoms with van der Waals surface area (Å²) < 4.78 is 5.80. The largest absolute Gasteiger partial charge is 0.463 e. The Kier molecular flexibility index (Phi) is 3.42. The minimum atomic E-state index is -0.185. The molecule has 19 heavy (non-hydrogen) atoms. The standard InChI is InChI=1S/C15H21N3O/c16-15(9-5-1-2-6-10-15)11-19-14-17-12-7-3-4-8-13(12)18-14/h3-4,7-8H,1-2,5-6,9-11,16H2,(H,17,18). The van der Waals surface area contributed by atoms with Crippen LogP contribution in [0.4, 0.5) is 0 Å². The van der Waals surface area contributed by atoms with Gasteiger partial charge in [0.25, 0.3) is 6.01 Å². The monoisotopic (exact) mass is 259 g/mol. The second-order valence-electron chi connectivity index (χ2n) is 5.62. The van der Waals surface area contributed by atoms with Crippen molar-refractivity contribution >= 4 is 11.0 Å². The number of benzene rings is 1. The maximum absolute atomic E-state index is 6.43. The number of hydrogen-bond donors (Lipinski definition) is 2. The highest BCUT2D eigenvalue weighted by molar-refractivity contribution is 5.75. The zero-order chi connectivity index (χ0) is 13.1. The van der Waals surface area contributed by atoms with Crippen molar-refractivity contribution in [3.63, 3.8) is 0 Å². The summed E-state index contributed by atoms with van der Waals surface area (Å²) in [5.74, 6) is 0. The van der Waals surface area contributed by atoms with Crippen molar-refractivity contribution in [1.82, 2.24) is 9.97 Å². The van der Waals surface area contributed by atoms with Gasteiger partial charge in [-0.1, -0.05) is 37.8 Å². The lowest BCUT2D eigenvalue weighted by atomic mass is 9.93. The molecule has 1 aliphatic rings. The van der Waals surface area contributed by atoms with Crippen LogP contribution in [0.5, 0.6) is 6.01 Å². The van der Waals surface area contributed by atoms with Crippen molar-refractivity contribution in [2.75, 3.05) is 6.61 Å². The van der Waals surface area contributed by atoms with E-state index in [1.807, 2.05) is 24.3 Å². The van der Waals surface area contributed by atoms with Gasteiger partial charge in [-0.25, -0.2) is 0 Å². The van der Waals surface area contributed by atoms with Crippen molar-refractivity contribution < 1.29 is 4.74 Å². The molecule has 1 aromatic carbocycles. The maximum Gasteiger partial charge on any atom is 0.294 e. The van der Waals surface area contributed by atoms with E-state index in [1.165, 1.54) is 25.7 Å². The van der Waals surface area contributed by atoms with Gasteiger partial charge in [0.2, 0.25) is 0 Å². The molecule has 0 amide bonds. The molecule has 0 atom stereocenters. The van der Waals surface area contributed by atoms with E-state index in [4.69, 9.17) is 10.5 Å². The highest BCUT2D eigenvalue weighted by Gasteiger charge is 2.27. The molecular weight excluding hydrogens is 238 g/mol. The van der Waals surface area contributed by atoms with Crippen LogP contribution < -0.4 is 10.5 Å². The topological polar surface area (TPSA) is 63.9 Å². The van der Waals surface area contributed by atoms with E-state index >= 15 is 0 Å². The molecule has 0 spiro atoms. The van der Waals surface area contributed by atoms with Crippen molar-refractivity contribution in [2.24, 2.45) is 5.73 Å². The van der Waals surface area contributed by atoms with Crippen molar-refractivity contribution in [1.29, 1.82) is 0 Å². The first kappa shape index (κ1) is 12.5. The average molecular weight is 259 g/mol. The summed E-state index contributed by atoms with van der Waals surface area (Å²) in [6.07, 6.45) is 7.10. The molecule has 0 radical (unpaired) electrons. The van der Waals surface area contributed by atoms with E-state index in [0.717, 1.165) is 23.9 Å². The summed E-state index contributed by atoms with van der Waals surface area (Å²) in [6, 6.07) is 8.51. The van der Waals surface area contributed by atoms with Gasteiger partial charge in [-0.2, -0.15) is 4.98 Å². The minimum Gasteiger partial charge on any atom is -0.463 e. The Labute approximate surface area is 113 Å². The molecular formula is C15H21N3O. The van der Waals surface area contributed by atoms with Crippen LogP contribution in [0.2, 0.25) is 0 Å². The zero-order valence-electron chi connectivity index (χ0n) is 11.2. The van der Waals surface area contributed by atoms with Crippen LogP contribution in [0.15, 0.2) is 24.3 Å². The summed E-state index contributed by atoms with van der Waals surface area (Å²) in [5.41, 5.74) is 8.19. The first-order chi connectivity index (χ1) is 9.25. The molecule has 3 N–H and O–H groups in total. The quantitative estimate of drug-likeness (QED) is 0.833. The minimum absolute atomic E-state index is 0.185. The number of aromatic nitrogens is 2. The van der Waals surface area contributed by atoms with Gasteiger partial charge in [-0.3, -0.25) is 0 Å². The van der Waals surface area contributed by atoms with Crippen LogP contribution in [0, 0.1) is 0 Å². The number of fused-ring (bicyclic) bond motifs is 1. The Bertz CT molecular complexity index is 508. The van der Waals surface area contributed by atoms with Gasteiger partial charge in [0.1, 0.15) is 6.61 Å². The summed E-state index contributed by atoms with van der Waals surface area (Å²) in [4.78, 5) is 7.60. The van der Waals surface area contributed by atoms with Crippen LogP contribution in [-0.4, -0.2) is 22.1 Å². The molecule has 4 heteroatoms. The number of nitrogens with one attached hydrogen (secondary N) is 1. The van der Waals surface area contributed by atoms with Gasteiger partial charge >= 0.3 is 0 Å². The molecule has 1 heterocycles. The molecule has 1 aliphatic carbocycles. The van der Waals surface area contributed by atoms with Crippen LogP contribution >= 0.6 is 0 Å². The Hall–Kier alpha value is -1.55. The number of aromatic amines is 1. The highest BCUT2D eigenvalue weighted by Crippen LogP contribution is 2.26. The molecule has 0 unspecified atom stereocenters. The van der Waals surface area contributed by atoms with Gasteiger partial charge < -0.3 is 15.5 Å². The second-order valence-corrected chi connectivity index (χ2v) is 5.62. The normalized spacial score (nSPS) is 19.2. The fourth-order valence-electron chi connectivity index (χ4n) is 2.79. The second kappa shape index (κ2) is 5.21. The lowest BCUT2D eigenvalue weighted by molar-refractivity contribution is 0.189. The summed E-state index contributed by atoms with van der Waals surface area (Å²) in [5, 5.41) is 0. The summed E-state index contributed by atoms with van der Waals surface area (Å²) >= 11 is 0. The Morgan fingerprint density at radius 1 is 1.16 bits per heavy atom. The predicted octanol–water partition coefficient (Wildman–Crippen LogP) is 2.99. The highest BCUT2D eigenvalue weighted by atomic mass is 16.5. The van der Waals surface area contributed by atoms with E-state index in [0.29, 0.717) is 12.6 Å². The van der Waals surface area contributed by atoms with Gasteiger partial charge in [0, 0.05) is 0 Å². The lowest BCUT2D eigenvalue weighted by Crippen LogP contribution is -2.45. The average Bonchev–Trinajstić information content (AvgIpc) is 2.72. The number of ether oxygens (including phenoxy) is 1. The Morgan fingerprint density at radius 3 is 2.63 bits per heavy atom. The third kappa shape index (κ3) is 2.89. The smallest absolute Gasteiger partial charge is 0.294 e. The van der Waals surface area contributed by atoms with Crippen LogP contribution in [0.25, 0.3) is 11.0 Å². The summed E-state index contributed by atoms with van der Waals surface area (Å²) in [6.45, 7) is 0.548. The van der Waals surface area contributed by atoms with E-state index < -0.39 is 0 Å². The molecule has 102 valence electrons. The Balaban J connectivity index is 1.67. The third-order valence-corrected chi connectivity index (χ3v) is 3.96. The van der Waals surface area contributed by atoms with Crippen molar-refractivity contribution in [3.8, 4) is 6.01 Å². The first-order valence-corrected chi connectivity index (χ1v) is 7.12. The number of nitrogens with zero attached hydrogens (tertiary/aromatic N) is 1. The number of imidazole rings is 1. The van der Waals surface area contributed by atoms with Gasteiger partial charge in [-0.05, 0) is 25.0 Å². The zero-order valence-corrected chi connectivity index (χ0v) is 11.2. The number of nitrogens with two attached hydrogens (primary N) is 1. The number of para-hydroxylation sites is 2. The van der Waals surface area contributed by atoms with Crippen LogP contribution in [0.1, 0.15) is 38.5 Å². The molecule has 4 nitrogen and oxygen atoms in total. The van der Waals surface area contributed by atoms with Gasteiger partial charge in [0.05, 0.1) is 16.6 Å². The number of rotatable bonds is 3. The molecule has 2 aromatic rings. The SMILES string of the molecule is NC1(COc2nc3ccccc3[nH]2)CCCCCC1. The molecule has 1 saturated carbocycles. The van der Waals surface area contributed by atoms with Crippen molar-refractivity contribution in [2.45, 2.75) is 44.1 Å². The van der Waals surface area contributed by atoms with Crippen LogP contribution in [0.3, 0.4) is 0 Å². The fourth-order valence-corrected chi connectivity index (χ4v) is 2.79. The Morgan fingerprint density at radius 2 is 1.89 bits per heavy atom. The fraction of sp³-hybridized carbons (Fsp3) is 0.533. The molecule has 0 bridgehead atoms. The van der Waals surface area contributed by atoms with Gasteiger partial charge in [-0.15, -0.1) is 0 Å². The van der Waals surface area contributed by atoms with Crippen molar-refractivity contribution in [3.05, 3.63) is 24.3 Å². The third-order valence-electron chi connectivity index (χ3n) is 3.96. The molecule has 3 rings (SSSR count).